The molecule has 0 atom stereocenters. The molecule has 0 aliphatic heterocycles. The molecule has 3 rings (SSSR count). The number of rotatable bonds is 4. The Morgan fingerprint density at radius 3 is 2.52 bits per heavy atom. The van der Waals surface area contributed by atoms with Crippen LogP contribution in [0, 0.1) is 20.8 Å². The Bertz CT molecular complexity index is 999. The molecule has 2 aromatic carbocycles. The van der Waals surface area contributed by atoms with E-state index in [1.807, 2.05) is 32.9 Å². The van der Waals surface area contributed by atoms with Crippen LogP contribution in [0.3, 0.4) is 0 Å². The fourth-order valence-electron chi connectivity index (χ4n) is 2.89. The van der Waals surface area contributed by atoms with E-state index in [9.17, 15) is 4.79 Å². The molecule has 5 heteroatoms. The zero-order chi connectivity index (χ0) is 19.8. The van der Waals surface area contributed by atoms with E-state index in [1.165, 1.54) is 16.9 Å². The van der Waals surface area contributed by atoms with Gasteiger partial charge in [-0.05, 0) is 60.6 Å². The summed E-state index contributed by atoms with van der Waals surface area (Å²) in [6, 6.07) is 10.3. The highest BCUT2D eigenvalue weighted by Crippen LogP contribution is 2.31. The zero-order valence-electron chi connectivity index (χ0n) is 16.8. The number of anilines is 1. The normalized spacial score (nSPS) is 11.6. The van der Waals surface area contributed by atoms with Gasteiger partial charge in [0.1, 0.15) is 5.75 Å². The molecule has 4 nitrogen and oxygen atoms in total. The molecule has 0 aliphatic rings. The van der Waals surface area contributed by atoms with Crippen LogP contribution in [0.15, 0.2) is 30.3 Å². The summed E-state index contributed by atoms with van der Waals surface area (Å²) in [5, 5.41) is 3.46. The number of aromatic nitrogens is 1. The number of hydrogen-bond acceptors (Lipinski definition) is 4. The second-order valence-corrected chi connectivity index (χ2v) is 8.97. The number of carbonyl (C=O) groups is 1. The molecule has 0 saturated heterocycles. The molecule has 1 amide bonds. The summed E-state index contributed by atoms with van der Waals surface area (Å²) in [5.74, 6) is 0.578. The summed E-state index contributed by atoms with van der Waals surface area (Å²) < 4.78 is 6.86. The van der Waals surface area contributed by atoms with Gasteiger partial charge in [0.05, 0.1) is 10.2 Å². The van der Waals surface area contributed by atoms with E-state index < -0.39 is 0 Å². The highest BCUT2D eigenvalue weighted by Gasteiger charge is 2.16. The van der Waals surface area contributed by atoms with Crippen LogP contribution in [0.2, 0.25) is 0 Å². The minimum absolute atomic E-state index is 0.0334. The first-order chi connectivity index (χ1) is 12.6. The Hall–Kier alpha value is -2.40. The number of thiazole rings is 1. The van der Waals surface area contributed by atoms with Gasteiger partial charge in [0.15, 0.2) is 11.7 Å². The van der Waals surface area contributed by atoms with E-state index in [1.54, 1.807) is 0 Å². The minimum atomic E-state index is -0.203. The highest BCUT2D eigenvalue weighted by molar-refractivity contribution is 7.22. The van der Waals surface area contributed by atoms with Crippen LogP contribution in [-0.2, 0) is 10.2 Å². The van der Waals surface area contributed by atoms with Crippen molar-refractivity contribution in [3.8, 4) is 5.75 Å². The van der Waals surface area contributed by atoms with Crippen LogP contribution >= 0.6 is 11.3 Å². The number of nitrogens with zero attached hydrogens (tertiary/aromatic N) is 1. The molecule has 1 N–H and O–H groups in total. The maximum absolute atomic E-state index is 12.3. The summed E-state index contributed by atoms with van der Waals surface area (Å²) in [6.45, 7) is 12.6. The molecule has 1 heterocycles. The van der Waals surface area contributed by atoms with Gasteiger partial charge in [-0.1, -0.05) is 50.3 Å². The number of benzene rings is 2. The number of fused-ring (bicyclic) bond motifs is 1. The standard InChI is InChI=1S/C22H26N2O2S/c1-13-7-8-14(2)20(15(13)3)26-12-19(25)24-21-23-17-10-9-16(22(4,5)6)11-18(17)27-21/h7-11H,12H2,1-6H3,(H,23,24,25). The Morgan fingerprint density at radius 2 is 1.81 bits per heavy atom. The smallest absolute Gasteiger partial charge is 0.264 e. The average molecular weight is 383 g/mol. The molecule has 0 spiro atoms. The van der Waals surface area contributed by atoms with Gasteiger partial charge in [0.25, 0.3) is 5.91 Å². The summed E-state index contributed by atoms with van der Waals surface area (Å²) in [6.07, 6.45) is 0. The molecular weight excluding hydrogens is 356 g/mol. The number of carbonyl (C=O) groups excluding carboxylic acids is 1. The third kappa shape index (κ3) is 4.30. The number of amides is 1. The number of ether oxygens (including phenoxy) is 1. The first kappa shape index (κ1) is 19.4. The van der Waals surface area contributed by atoms with E-state index in [0.29, 0.717) is 5.13 Å². The predicted molar refractivity (Wildman–Crippen MR) is 113 cm³/mol. The number of aryl methyl sites for hydroxylation is 2. The average Bonchev–Trinajstić information content (AvgIpc) is 2.98. The topological polar surface area (TPSA) is 51.2 Å². The van der Waals surface area contributed by atoms with Gasteiger partial charge >= 0.3 is 0 Å². The Balaban J connectivity index is 1.70. The molecule has 1 aromatic heterocycles. The van der Waals surface area contributed by atoms with Crippen molar-refractivity contribution < 1.29 is 9.53 Å². The van der Waals surface area contributed by atoms with E-state index in [2.05, 4.69) is 49.3 Å². The van der Waals surface area contributed by atoms with Gasteiger partial charge in [-0.25, -0.2) is 4.98 Å². The van der Waals surface area contributed by atoms with E-state index in [4.69, 9.17) is 4.74 Å². The lowest BCUT2D eigenvalue weighted by Crippen LogP contribution is -2.20. The summed E-state index contributed by atoms with van der Waals surface area (Å²) >= 11 is 1.49. The monoisotopic (exact) mass is 382 g/mol. The van der Waals surface area contributed by atoms with E-state index in [0.717, 1.165) is 32.7 Å². The second-order valence-electron chi connectivity index (χ2n) is 7.94. The van der Waals surface area contributed by atoms with Gasteiger partial charge in [0.2, 0.25) is 0 Å². The molecule has 0 fully saturated rings. The van der Waals surface area contributed by atoms with Gasteiger partial charge in [0, 0.05) is 0 Å². The van der Waals surface area contributed by atoms with Crippen LogP contribution < -0.4 is 10.1 Å². The summed E-state index contributed by atoms with van der Waals surface area (Å²) in [4.78, 5) is 16.8. The third-order valence-electron chi connectivity index (χ3n) is 4.72. The predicted octanol–water partition coefficient (Wildman–Crippen LogP) is 5.54. The first-order valence-corrected chi connectivity index (χ1v) is 9.87. The summed E-state index contributed by atoms with van der Waals surface area (Å²) in [7, 11) is 0. The molecular formula is C22H26N2O2S. The molecule has 142 valence electrons. The Morgan fingerprint density at radius 1 is 1.11 bits per heavy atom. The van der Waals surface area contributed by atoms with Crippen LogP contribution in [0.4, 0.5) is 5.13 Å². The Kier molecular flexibility index (Phi) is 5.24. The van der Waals surface area contributed by atoms with Crippen molar-refractivity contribution in [2.75, 3.05) is 11.9 Å². The van der Waals surface area contributed by atoms with Crippen molar-refractivity contribution in [3.05, 3.63) is 52.6 Å². The van der Waals surface area contributed by atoms with Gasteiger partial charge in [-0.15, -0.1) is 0 Å². The molecule has 0 unspecified atom stereocenters. The highest BCUT2D eigenvalue weighted by atomic mass is 32.1. The lowest BCUT2D eigenvalue weighted by atomic mass is 9.87. The van der Waals surface area contributed by atoms with Crippen molar-refractivity contribution in [3.63, 3.8) is 0 Å². The van der Waals surface area contributed by atoms with Crippen LogP contribution in [-0.4, -0.2) is 17.5 Å². The second kappa shape index (κ2) is 7.31. The molecule has 3 aromatic rings. The van der Waals surface area contributed by atoms with Gasteiger partial charge in [-0.3, -0.25) is 10.1 Å². The van der Waals surface area contributed by atoms with Crippen LogP contribution in [0.25, 0.3) is 10.2 Å². The minimum Gasteiger partial charge on any atom is -0.483 e. The third-order valence-corrected chi connectivity index (χ3v) is 5.66. The van der Waals surface area contributed by atoms with Crippen molar-refractivity contribution >= 4 is 32.6 Å². The fourth-order valence-corrected chi connectivity index (χ4v) is 3.81. The molecule has 0 radical (unpaired) electrons. The van der Waals surface area contributed by atoms with Crippen LogP contribution in [0.5, 0.6) is 5.75 Å². The quantitative estimate of drug-likeness (QED) is 0.645. The maximum Gasteiger partial charge on any atom is 0.264 e. The van der Waals surface area contributed by atoms with Crippen molar-refractivity contribution in [2.24, 2.45) is 0 Å². The number of nitrogens with one attached hydrogen (secondary N) is 1. The lowest BCUT2D eigenvalue weighted by molar-refractivity contribution is -0.118. The number of hydrogen-bond donors (Lipinski definition) is 1. The molecule has 27 heavy (non-hydrogen) atoms. The van der Waals surface area contributed by atoms with Gasteiger partial charge < -0.3 is 4.74 Å². The largest absolute Gasteiger partial charge is 0.483 e. The zero-order valence-corrected chi connectivity index (χ0v) is 17.6. The van der Waals surface area contributed by atoms with Crippen molar-refractivity contribution in [1.29, 1.82) is 0 Å². The maximum atomic E-state index is 12.3. The Labute approximate surface area is 164 Å². The first-order valence-electron chi connectivity index (χ1n) is 9.05. The fraction of sp³-hybridized carbons (Fsp3) is 0.364. The molecule has 0 bridgehead atoms. The van der Waals surface area contributed by atoms with Crippen molar-refractivity contribution in [1.82, 2.24) is 4.98 Å². The van der Waals surface area contributed by atoms with E-state index >= 15 is 0 Å². The van der Waals surface area contributed by atoms with E-state index in [-0.39, 0.29) is 17.9 Å². The van der Waals surface area contributed by atoms with Crippen LogP contribution in [0.1, 0.15) is 43.0 Å². The SMILES string of the molecule is Cc1ccc(C)c(OCC(=O)Nc2nc3ccc(C(C)(C)C)cc3s2)c1C. The molecule has 0 aliphatic carbocycles. The summed E-state index contributed by atoms with van der Waals surface area (Å²) in [5.41, 5.74) is 5.48. The lowest BCUT2D eigenvalue weighted by Gasteiger charge is -2.18. The molecule has 0 saturated carbocycles. The van der Waals surface area contributed by atoms with Crippen molar-refractivity contribution in [2.45, 2.75) is 47.0 Å². The van der Waals surface area contributed by atoms with Gasteiger partial charge in [-0.2, -0.15) is 0 Å².